The maximum Gasteiger partial charge on any atom is -0.0244 e. The van der Waals surface area contributed by atoms with E-state index in [2.05, 4.69) is 104 Å². The van der Waals surface area contributed by atoms with Crippen LogP contribution in [0.4, 0.5) is 0 Å². The van der Waals surface area contributed by atoms with Crippen LogP contribution in [0.3, 0.4) is 0 Å². The molecule has 0 nitrogen and oxygen atoms in total. The van der Waals surface area contributed by atoms with Crippen molar-refractivity contribution in [3.05, 3.63) is 113 Å². The molecule has 25 heavy (non-hydrogen) atoms. The maximum atomic E-state index is 2.33. The minimum absolute atomic E-state index is 0.617. The summed E-state index contributed by atoms with van der Waals surface area (Å²) >= 11 is 0. The molecule has 3 aromatic rings. The fourth-order valence-electron chi connectivity index (χ4n) is 3.21. The first-order chi connectivity index (χ1) is 12.3. The Labute approximate surface area is 151 Å². The first kappa shape index (κ1) is 17.2. The normalized spacial score (nSPS) is 11.3. The van der Waals surface area contributed by atoms with Gasteiger partial charge in [0.15, 0.2) is 0 Å². The average molecular weight is 326 g/mol. The summed E-state index contributed by atoms with van der Waals surface area (Å²) in [6.45, 7) is 2.13. The molecule has 0 N–H and O–H groups in total. The van der Waals surface area contributed by atoms with Crippen LogP contribution < -0.4 is 0 Å². The molecular weight excluding hydrogens is 300 g/mol. The van der Waals surface area contributed by atoms with Gasteiger partial charge in [-0.3, -0.25) is 0 Å². The Kier molecular flexibility index (Phi) is 6.23. The minimum atomic E-state index is 0.617. The second-order valence-corrected chi connectivity index (χ2v) is 6.79. The average Bonchev–Trinajstić information content (AvgIpc) is 2.65. The van der Waals surface area contributed by atoms with Crippen molar-refractivity contribution in [2.24, 2.45) is 5.92 Å². The molecule has 0 bridgehead atoms. The van der Waals surface area contributed by atoms with E-state index in [1.54, 1.807) is 0 Å². The van der Waals surface area contributed by atoms with Gasteiger partial charge in [0.1, 0.15) is 0 Å². The zero-order chi connectivity index (χ0) is 17.3. The van der Waals surface area contributed by atoms with Crippen molar-refractivity contribution in [1.29, 1.82) is 0 Å². The Hall–Kier alpha value is -2.60. The molecule has 0 heteroatoms. The van der Waals surface area contributed by atoms with Crippen LogP contribution in [0.15, 0.2) is 91.0 Å². The van der Waals surface area contributed by atoms with E-state index in [4.69, 9.17) is 0 Å². The van der Waals surface area contributed by atoms with Crippen LogP contribution in [-0.4, -0.2) is 0 Å². The van der Waals surface area contributed by atoms with Crippen molar-refractivity contribution in [3.8, 4) is 0 Å². The molecule has 0 aliphatic carbocycles. The van der Waals surface area contributed by atoms with Crippen molar-refractivity contribution in [2.45, 2.75) is 26.2 Å². The summed E-state index contributed by atoms with van der Waals surface area (Å²) in [7, 11) is 0. The summed E-state index contributed by atoms with van der Waals surface area (Å²) in [5, 5.41) is 0. The third-order valence-corrected chi connectivity index (χ3v) is 4.59. The Bertz CT molecular complexity index is 726. The van der Waals surface area contributed by atoms with Crippen molar-refractivity contribution in [3.63, 3.8) is 0 Å². The van der Waals surface area contributed by atoms with Gasteiger partial charge in [-0.2, -0.15) is 0 Å². The van der Waals surface area contributed by atoms with E-state index in [0.29, 0.717) is 5.92 Å². The molecule has 0 spiro atoms. The zero-order valence-corrected chi connectivity index (χ0v) is 14.9. The van der Waals surface area contributed by atoms with Gasteiger partial charge >= 0.3 is 0 Å². The largest absolute Gasteiger partial charge is 0.0836 e. The number of aryl methyl sites for hydroxylation is 1. The second kappa shape index (κ2) is 9.03. The molecular formula is C25H26. The fraction of sp³-hybridized carbons (Fsp3) is 0.200. The van der Waals surface area contributed by atoms with Gasteiger partial charge in [0.25, 0.3) is 0 Å². The van der Waals surface area contributed by atoms with E-state index in [1.807, 2.05) is 0 Å². The Morgan fingerprint density at radius 3 is 1.72 bits per heavy atom. The lowest BCUT2D eigenvalue weighted by Crippen LogP contribution is -2.07. The molecule has 0 saturated carbocycles. The van der Waals surface area contributed by atoms with Crippen LogP contribution in [0.25, 0.3) is 6.08 Å². The molecule has 0 heterocycles. The van der Waals surface area contributed by atoms with E-state index < -0.39 is 0 Å². The van der Waals surface area contributed by atoms with Crippen LogP contribution >= 0.6 is 0 Å². The monoisotopic (exact) mass is 326 g/mol. The highest BCUT2D eigenvalue weighted by molar-refractivity contribution is 5.49. The summed E-state index contributed by atoms with van der Waals surface area (Å²) in [5.74, 6) is 0.617. The van der Waals surface area contributed by atoms with Crippen molar-refractivity contribution >= 4 is 6.08 Å². The number of rotatable bonds is 7. The highest BCUT2D eigenvalue weighted by atomic mass is 14.1. The topological polar surface area (TPSA) is 0 Å². The molecule has 0 aliphatic rings. The molecule has 0 fully saturated rings. The molecule has 0 unspecified atom stereocenters. The van der Waals surface area contributed by atoms with E-state index in [1.165, 1.54) is 22.3 Å². The molecule has 0 aromatic heterocycles. The van der Waals surface area contributed by atoms with Crippen LogP contribution in [-0.2, 0) is 12.8 Å². The van der Waals surface area contributed by atoms with Gasteiger partial charge in [-0.25, -0.2) is 0 Å². The Balaban J connectivity index is 1.68. The number of hydrogen-bond donors (Lipinski definition) is 0. The van der Waals surface area contributed by atoms with Crippen LogP contribution in [0.1, 0.15) is 28.7 Å². The molecule has 0 saturated heterocycles. The summed E-state index contributed by atoms with van der Waals surface area (Å²) in [4.78, 5) is 0. The molecule has 0 aliphatic heterocycles. The van der Waals surface area contributed by atoms with Crippen LogP contribution in [0.2, 0.25) is 0 Å². The number of hydrogen-bond acceptors (Lipinski definition) is 0. The van der Waals surface area contributed by atoms with Gasteiger partial charge in [0.2, 0.25) is 0 Å². The smallest absolute Gasteiger partial charge is 0.0244 e. The third kappa shape index (κ3) is 5.76. The highest BCUT2D eigenvalue weighted by Crippen LogP contribution is 2.19. The predicted octanol–water partition coefficient (Wildman–Crippen LogP) is 6.50. The lowest BCUT2D eigenvalue weighted by atomic mass is 9.89. The van der Waals surface area contributed by atoms with Gasteiger partial charge < -0.3 is 0 Å². The number of benzene rings is 3. The zero-order valence-electron chi connectivity index (χ0n) is 14.9. The molecule has 3 rings (SSSR count). The lowest BCUT2D eigenvalue weighted by Gasteiger charge is -2.15. The van der Waals surface area contributed by atoms with Gasteiger partial charge in [0, 0.05) is 0 Å². The Morgan fingerprint density at radius 2 is 1.20 bits per heavy atom. The quantitative estimate of drug-likeness (QED) is 0.465. The van der Waals surface area contributed by atoms with Gasteiger partial charge in [0.05, 0.1) is 0 Å². The van der Waals surface area contributed by atoms with Crippen LogP contribution in [0, 0.1) is 12.8 Å². The van der Waals surface area contributed by atoms with Crippen molar-refractivity contribution in [2.75, 3.05) is 0 Å². The Morgan fingerprint density at radius 1 is 0.680 bits per heavy atom. The third-order valence-electron chi connectivity index (χ3n) is 4.59. The molecule has 0 radical (unpaired) electrons. The summed E-state index contributed by atoms with van der Waals surface area (Å²) in [5.41, 5.74) is 5.44. The van der Waals surface area contributed by atoms with Crippen molar-refractivity contribution in [1.82, 2.24) is 0 Å². The molecule has 126 valence electrons. The van der Waals surface area contributed by atoms with E-state index in [-0.39, 0.29) is 0 Å². The highest BCUT2D eigenvalue weighted by Gasteiger charge is 2.09. The maximum absolute atomic E-state index is 2.33. The second-order valence-electron chi connectivity index (χ2n) is 6.79. The van der Waals surface area contributed by atoms with E-state index in [0.717, 1.165) is 19.3 Å². The molecule has 0 atom stereocenters. The van der Waals surface area contributed by atoms with E-state index in [9.17, 15) is 0 Å². The molecule has 3 aromatic carbocycles. The van der Waals surface area contributed by atoms with Gasteiger partial charge in [-0.15, -0.1) is 0 Å². The molecule has 0 amide bonds. The standard InChI is InChI=1S/C25H26/c1-21-15-17-22(18-16-21)13-8-14-25(19-23-9-4-2-5-10-23)20-24-11-6-3-7-12-24/h2-13,15-18,25H,14,19-20H2,1H3. The van der Waals surface area contributed by atoms with Gasteiger partial charge in [-0.1, -0.05) is 103 Å². The lowest BCUT2D eigenvalue weighted by molar-refractivity contribution is 0.529. The summed E-state index contributed by atoms with van der Waals surface area (Å²) in [6.07, 6.45) is 7.92. The van der Waals surface area contributed by atoms with Crippen molar-refractivity contribution < 1.29 is 0 Å². The van der Waals surface area contributed by atoms with E-state index >= 15 is 0 Å². The first-order valence-corrected chi connectivity index (χ1v) is 9.10. The minimum Gasteiger partial charge on any atom is -0.0836 e. The van der Waals surface area contributed by atoms with Gasteiger partial charge in [-0.05, 0) is 48.8 Å². The first-order valence-electron chi connectivity index (χ1n) is 9.10. The summed E-state index contributed by atoms with van der Waals surface area (Å²) in [6, 6.07) is 30.4. The van der Waals surface area contributed by atoms with Crippen LogP contribution in [0.5, 0.6) is 0 Å². The SMILES string of the molecule is Cc1ccc(C=CCC(Cc2ccccc2)Cc2ccccc2)cc1. The summed E-state index contributed by atoms with van der Waals surface area (Å²) < 4.78 is 0. The fourth-order valence-corrected chi connectivity index (χ4v) is 3.21. The predicted molar refractivity (Wildman–Crippen MR) is 109 cm³/mol. The number of allylic oxidation sites excluding steroid dienone is 1.